The van der Waals surface area contributed by atoms with E-state index in [1.807, 2.05) is 6.92 Å². The zero-order valence-electron chi connectivity index (χ0n) is 9.84. The monoisotopic (exact) mass is 241 g/mol. The third kappa shape index (κ3) is 3.58. The van der Waals surface area contributed by atoms with Crippen molar-refractivity contribution in [3.8, 4) is 0 Å². The maximum atomic E-state index is 11.4. The molecule has 0 bridgehead atoms. The molecule has 0 aliphatic rings. The Bertz CT molecular complexity index is 398. The molecule has 1 aromatic rings. The lowest BCUT2D eigenvalue weighted by atomic mass is 10.2. The van der Waals surface area contributed by atoms with Crippen molar-refractivity contribution in [3.05, 3.63) is 33.8 Å². The van der Waals surface area contributed by atoms with Crippen molar-refractivity contribution in [3.63, 3.8) is 0 Å². The zero-order chi connectivity index (χ0) is 12.8. The first-order chi connectivity index (χ1) is 8.08. The van der Waals surface area contributed by atoms with E-state index in [0.717, 1.165) is 5.76 Å². The van der Waals surface area contributed by atoms with Gasteiger partial charge in [-0.25, -0.2) is 4.79 Å². The Morgan fingerprint density at radius 2 is 2.12 bits per heavy atom. The first kappa shape index (κ1) is 13.2. The molecule has 94 valence electrons. The van der Waals surface area contributed by atoms with Crippen LogP contribution in [0.5, 0.6) is 0 Å². The molecule has 0 aliphatic heterocycles. The molecule has 0 aromatic carbocycles. The molecule has 1 aromatic heterocycles. The maximum Gasteiger partial charge on any atom is 0.382 e. The third-order valence-electron chi connectivity index (χ3n) is 2.27. The fourth-order valence-electron chi connectivity index (χ4n) is 1.39. The fourth-order valence-corrected chi connectivity index (χ4v) is 1.39. The molecule has 1 atom stereocenters. The van der Waals surface area contributed by atoms with Gasteiger partial charge in [0.1, 0.15) is 11.5 Å². The van der Waals surface area contributed by atoms with Gasteiger partial charge < -0.3 is 9.15 Å². The number of furan rings is 1. The second-order valence-corrected chi connectivity index (χ2v) is 3.48. The zero-order valence-corrected chi connectivity index (χ0v) is 9.84. The summed E-state index contributed by atoms with van der Waals surface area (Å²) in [5, 5.41) is 10.8. The van der Waals surface area contributed by atoms with E-state index in [1.165, 1.54) is 0 Å². The number of nitro groups is 1. The second-order valence-electron chi connectivity index (χ2n) is 3.48. The van der Waals surface area contributed by atoms with Crippen LogP contribution in [0.25, 0.3) is 0 Å². The molecular weight excluding hydrogens is 226 g/mol. The quantitative estimate of drug-likeness (QED) is 0.429. The highest BCUT2D eigenvalue weighted by Crippen LogP contribution is 2.12. The Kier molecular flexibility index (Phi) is 4.68. The molecule has 0 aliphatic carbocycles. The minimum atomic E-state index is -1.40. The first-order valence-corrected chi connectivity index (χ1v) is 5.46. The Morgan fingerprint density at radius 3 is 2.59 bits per heavy atom. The van der Waals surface area contributed by atoms with E-state index in [9.17, 15) is 14.9 Å². The number of carbonyl (C=O) groups excluding carboxylic acids is 1. The van der Waals surface area contributed by atoms with Gasteiger partial charge in [0.05, 0.1) is 13.0 Å². The predicted molar refractivity (Wildman–Crippen MR) is 59.2 cm³/mol. The normalized spacial score (nSPS) is 12.1. The van der Waals surface area contributed by atoms with Gasteiger partial charge in [-0.1, -0.05) is 6.92 Å². The molecule has 1 heterocycles. The molecular formula is C11H15NO5. The van der Waals surface area contributed by atoms with Crippen LogP contribution >= 0.6 is 0 Å². The number of rotatable bonds is 6. The summed E-state index contributed by atoms with van der Waals surface area (Å²) in [4.78, 5) is 21.5. The molecule has 0 fully saturated rings. The van der Waals surface area contributed by atoms with Crippen LogP contribution in [0, 0.1) is 10.1 Å². The fraction of sp³-hybridized carbons (Fsp3) is 0.545. The van der Waals surface area contributed by atoms with E-state index < -0.39 is 16.9 Å². The summed E-state index contributed by atoms with van der Waals surface area (Å²) in [5.74, 6) is 0.342. The topological polar surface area (TPSA) is 82.6 Å². The lowest BCUT2D eigenvalue weighted by molar-refractivity contribution is -0.510. The third-order valence-corrected chi connectivity index (χ3v) is 2.27. The number of carbonyl (C=O) groups is 1. The summed E-state index contributed by atoms with van der Waals surface area (Å²) in [6, 6.07) is 2.00. The number of hydrogen-bond acceptors (Lipinski definition) is 5. The van der Waals surface area contributed by atoms with Crippen molar-refractivity contribution < 1.29 is 18.9 Å². The van der Waals surface area contributed by atoms with E-state index in [-0.39, 0.29) is 13.0 Å². The van der Waals surface area contributed by atoms with Gasteiger partial charge in [-0.15, -0.1) is 0 Å². The van der Waals surface area contributed by atoms with Crippen LogP contribution in [-0.4, -0.2) is 23.5 Å². The van der Waals surface area contributed by atoms with Crippen LogP contribution in [-0.2, 0) is 22.4 Å². The van der Waals surface area contributed by atoms with Crippen LogP contribution in [0.15, 0.2) is 16.5 Å². The number of esters is 1. The van der Waals surface area contributed by atoms with Crippen molar-refractivity contribution in [1.82, 2.24) is 0 Å². The summed E-state index contributed by atoms with van der Waals surface area (Å²) in [6.07, 6.45) is 0.633. The highest BCUT2D eigenvalue weighted by molar-refractivity contribution is 5.74. The smallest absolute Gasteiger partial charge is 0.382 e. The summed E-state index contributed by atoms with van der Waals surface area (Å²) >= 11 is 0. The minimum Gasteiger partial charge on any atom is -0.466 e. The van der Waals surface area contributed by atoms with Gasteiger partial charge in [0.15, 0.2) is 0 Å². The van der Waals surface area contributed by atoms with E-state index >= 15 is 0 Å². The molecule has 1 unspecified atom stereocenters. The van der Waals surface area contributed by atoms with E-state index in [2.05, 4.69) is 4.74 Å². The Balaban J connectivity index is 2.73. The van der Waals surface area contributed by atoms with Gasteiger partial charge in [-0.3, -0.25) is 10.1 Å². The second kappa shape index (κ2) is 6.03. The largest absolute Gasteiger partial charge is 0.466 e. The Labute approximate surface area is 98.7 Å². The number of nitrogens with zero attached hydrogens (tertiary/aromatic N) is 1. The van der Waals surface area contributed by atoms with E-state index in [1.54, 1.807) is 19.1 Å². The molecule has 0 saturated carbocycles. The predicted octanol–water partition coefficient (Wildman–Crippen LogP) is 1.59. The van der Waals surface area contributed by atoms with Gasteiger partial charge in [-0.2, -0.15) is 0 Å². The molecule has 17 heavy (non-hydrogen) atoms. The summed E-state index contributed by atoms with van der Waals surface area (Å²) in [6.45, 7) is 3.65. The lowest BCUT2D eigenvalue weighted by Gasteiger charge is -2.06. The molecule has 0 amide bonds. The van der Waals surface area contributed by atoms with Crippen LogP contribution in [0.1, 0.15) is 25.4 Å². The summed E-state index contributed by atoms with van der Waals surface area (Å²) < 4.78 is 9.98. The highest BCUT2D eigenvalue weighted by Gasteiger charge is 2.32. The van der Waals surface area contributed by atoms with Crippen molar-refractivity contribution in [1.29, 1.82) is 0 Å². The average molecular weight is 241 g/mol. The maximum absolute atomic E-state index is 11.4. The average Bonchev–Trinajstić information content (AvgIpc) is 2.73. The SMILES string of the molecule is CCOC(=O)C(Cc1ccc(CC)o1)[N+](=O)[O-]. The van der Waals surface area contributed by atoms with Gasteiger partial charge in [0.2, 0.25) is 0 Å². The lowest BCUT2D eigenvalue weighted by Crippen LogP contribution is -2.33. The molecule has 0 N–H and O–H groups in total. The van der Waals surface area contributed by atoms with Crippen molar-refractivity contribution in [2.75, 3.05) is 6.61 Å². The van der Waals surface area contributed by atoms with Gasteiger partial charge in [0, 0.05) is 11.3 Å². The van der Waals surface area contributed by atoms with Crippen LogP contribution in [0.4, 0.5) is 0 Å². The van der Waals surface area contributed by atoms with Crippen LogP contribution in [0.3, 0.4) is 0 Å². The molecule has 0 radical (unpaired) electrons. The summed E-state index contributed by atoms with van der Waals surface area (Å²) in [7, 11) is 0. The summed E-state index contributed by atoms with van der Waals surface area (Å²) in [5.41, 5.74) is 0. The number of hydrogen-bond donors (Lipinski definition) is 0. The van der Waals surface area contributed by atoms with Crippen LogP contribution in [0.2, 0.25) is 0 Å². The van der Waals surface area contributed by atoms with Gasteiger partial charge in [0.25, 0.3) is 0 Å². The molecule has 6 nitrogen and oxygen atoms in total. The number of ether oxygens (including phenoxy) is 1. The molecule has 0 saturated heterocycles. The Hall–Kier alpha value is -1.85. The van der Waals surface area contributed by atoms with Gasteiger partial charge in [-0.05, 0) is 19.1 Å². The highest BCUT2D eigenvalue weighted by atomic mass is 16.6. The first-order valence-electron chi connectivity index (χ1n) is 5.46. The van der Waals surface area contributed by atoms with Crippen LogP contribution < -0.4 is 0 Å². The van der Waals surface area contributed by atoms with Crippen molar-refractivity contribution >= 4 is 5.97 Å². The number of aryl methyl sites for hydroxylation is 1. The van der Waals surface area contributed by atoms with Gasteiger partial charge >= 0.3 is 12.0 Å². The molecule has 0 spiro atoms. The standard InChI is InChI=1S/C11H15NO5/c1-3-8-5-6-9(17-8)7-10(12(14)15)11(13)16-4-2/h5-6,10H,3-4,7H2,1-2H3. The molecule has 1 rings (SSSR count). The van der Waals surface area contributed by atoms with E-state index in [4.69, 9.17) is 4.42 Å². The van der Waals surface area contributed by atoms with E-state index in [0.29, 0.717) is 12.2 Å². The van der Waals surface area contributed by atoms with Crippen molar-refractivity contribution in [2.24, 2.45) is 0 Å². The molecule has 6 heteroatoms. The Morgan fingerprint density at radius 1 is 1.47 bits per heavy atom. The minimum absolute atomic E-state index is 0.0775. The van der Waals surface area contributed by atoms with Crippen molar-refractivity contribution in [2.45, 2.75) is 32.7 Å².